The first kappa shape index (κ1) is 12.7. The van der Waals surface area contributed by atoms with Crippen LogP contribution in [-0.4, -0.2) is 24.0 Å². The van der Waals surface area contributed by atoms with E-state index in [1.807, 2.05) is 5.38 Å². The first-order valence-corrected chi connectivity index (χ1v) is 7.13. The summed E-state index contributed by atoms with van der Waals surface area (Å²) in [5.41, 5.74) is 0. The third-order valence-electron chi connectivity index (χ3n) is 3.46. The predicted octanol–water partition coefficient (Wildman–Crippen LogP) is 2.85. The van der Waals surface area contributed by atoms with Gasteiger partial charge in [0.05, 0.1) is 11.4 Å². The molecule has 17 heavy (non-hydrogen) atoms. The Morgan fingerprint density at radius 2 is 2.29 bits per heavy atom. The van der Waals surface area contributed by atoms with Crippen LogP contribution in [0.15, 0.2) is 11.6 Å². The SMILES string of the molecule is COC(C(=O)Cc1nccs1)C1CCCCC1. The van der Waals surface area contributed by atoms with Crippen LogP contribution in [0, 0.1) is 5.92 Å². The van der Waals surface area contributed by atoms with Gasteiger partial charge in [-0.05, 0) is 18.8 Å². The largest absolute Gasteiger partial charge is 0.373 e. The van der Waals surface area contributed by atoms with E-state index >= 15 is 0 Å². The first-order valence-electron chi connectivity index (χ1n) is 6.25. The number of hydrogen-bond donors (Lipinski definition) is 0. The highest BCUT2D eigenvalue weighted by atomic mass is 32.1. The molecule has 1 atom stereocenters. The molecule has 1 aliphatic carbocycles. The van der Waals surface area contributed by atoms with Crippen LogP contribution in [0.5, 0.6) is 0 Å². The average Bonchev–Trinajstić information content (AvgIpc) is 2.84. The minimum Gasteiger partial charge on any atom is -0.373 e. The molecule has 0 saturated heterocycles. The molecule has 0 amide bonds. The Hall–Kier alpha value is -0.740. The number of aromatic nitrogens is 1. The van der Waals surface area contributed by atoms with Crippen molar-refractivity contribution >= 4 is 17.1 Å². The summed E-state index contributed by atoms with van der Waals surface area (Å²) in [6.45, 7) is 0. The number of hydrogen-bond acceptors (Lipinski definition) is 4. The summed E-state index contributed by atoms with van der Waals surface area (Å²) in [7, 11) is 1.65. The summed E-state index contributed by atoms with van der Waals surface area (Å²) in [5, 5.41) is 2.80. The molecule has 2 rings (SSSR count). The van der Waals surface area contributed by atoms with Crippen LogP contribution in [0.3, 0.4) is 0 Å². The zero-order chi connectivity index (χ0) is 12.1. The van der Waals surface area contributed by atoms with E-state index in [-0.39, 0.29) is 11.9 Å². The third-order valence-corrected chi connectivity index (χ3v) is 4.24. The second-order valence-corrected chi connectivity index (χ2v) is 5.60. The fourth-order valence-corrected chi connectivity index (χ4v) is 3.24. The number of carbonyl (C=O) groups excluding carboxylic acids is 1. The fraction of sp³-hybridized carbons (Fsp3) is 0.692. The molecule has 1 unspecified atom stereocenters. The average molecular weight is 253 g/mol. The van der Waals surface area contributed by atoms with E-state index in [9.17, 15) is 4.79 Å². The van der Waals surface area contributed by atoms with Gasteiger partial charge in [0, 0.05) is 18.7 Å². The topological polar surface area (TPSA) is 39.2 Å². The normalized spacial score (nSPS) is 19.1. The Bertz CT molecular complexity index is 344. The summed E-state index contributed by atoms with van der Waals surface area (Å²) in [6.07, 6.45) is 7.96. The number of Topliss-reactive ketones (excluding diaryl/α,β-unsaturated/α-hetero) is 1. The predicted molar refractivity (Wildman–Crippen MR) is 68.2 cm³/mol. The van der Waals surface area contributed by atoms with Gasteiger partial charge in [-0.15, -0.1) is 11.3 Å². The molecule has 1 heterocycles. The molecule has 0 N–H and O–H groups in total. The molecule has 94 valence electrons. The van der Waals surface area contributed by atoms with Crippen molar-refractivity contribution in [2.45, 2.75) is 44.6 Å². The van der Waals surface area contributed by atoms with Crippen molar-refractivity contribution < 1.29 is 9.53 Å². The second kappa shape index (κ2) is 6.26. The Morgan fingerprint density at radius 3 is 2.88 bits per heavy atom. The third kappa shape index (κ3) is 3.36. The number of ether oxygens (including phenoxy) is 1. The van der Waals surface area contributed by atoms with Crippen LogP contribution >= 0.6 is 11.3 Å². The van der Waals surface area contributed by atoms with Crippen molar-refractivity contribution in [3.05, 3.63) is 16.6 Å². The summed E-state index contributed by atoms with van der Waals surface area (Å²) in [6, 6.07) is 0. The molecule has 1 fully saturated rings. The van der Waals surface area contributed by atoms with Crippen molar-refractivity contribution in [1.82, 2.24) is 4.98 Å². The molecule has 1 aliphatic rings. The van der Waals surface area contributed by atoms with Crippen LogP contribution in [0.2, 0.25) is 0 Å². The lowest BCUT2D eigenvalue weighted by Gasteiger charge is -2.28. The van der Waals surface area contributed by atoms with E-state index in [2.05, 4.69) is 4.98 Å². The van der Waals surface area contributed by atoms with Crippen LogP contribution < -0.4 is 0 Å². The molecule has 0 aliphatic heterocycles. The molecule has 0 spiro atoms. The minimum absolute atomic E-state index is 0.189. The number of ketones is 1. The number of methoxy groups -OCH3 is 1. The van der Waals surface area contributed by atoms with Gasteiger partial charge < -0.3 is 4.74 Å². The van der Waals surface area contributed by atoms with Gasteiger partial charge in [0.15, 0.2) is 5.78 Å². The summed E-state index contributed by atoms with van der Waals surface area (Å²) in [5.74, 6) is 0.607. The zero-order valence-electron chi connectivity index (χ0n) is 10.2. The number of thiazole rings is 1. The van der Waals surface area contributed by atoms with Gasteiger partial charge in [-0.1, -0.05) is 19.3 Å². The van der Waals surface area contributed by atoms with E-state index in [0.717, 1.165) is 17.8 Å². The smallest absolute Gasteiger partial charge is 0.168 e. The summed E-state index contributed by atoms with van der Waals surface area (Å²) < 4.78 is 5.43. The number of rotatable bonds is 5. The van der Waals surface area contributed by atoms with Crippen LogP contribution in [0.4, 0.5) is 0 Å². The lowest BCUT2D eigenvalue weighted by atomic mass is 9.83. The van der Waals surface area contributed by atoms with Gasteiger partial charge in [0.1, 0.15) is 6.10 Å². The number of nitrogens with zero attached hydrogens (tertiary/aromatic N) is 1. The molecule has 1 aromatic rings. The van der Waals surface area contributed by atoms with Crippen molar-refractivity contribution in [3.63, 3.8) is 0 Å². The highest BCUT2D eigenvalue weighted by Gasteiger charge is 2.29. The van der Waals surface area contributed by atoms with E-state index in [4.69, 9.17) is 4.74 Å². The van der Waals surface area contributed by atoms with Gasteiger partial charge in [-0.3, -0.25) is 4.79 Å². The molecule has 1 aromatic heterocycles. The Balaban J connectivity index is 1.94. The minimum atomic E-state index is -0.223. The second-order valence-electron chi connectivity index (χ2n) is 4.62. The van der Waals surface area contributed by atoms with Crippen LogP contribution in [-0.2, 0) is 16.0 Å². The summed E-state index contributed by atoms with van der Waals surface area (Å²) in [4.78, 5) is 16.3. The molecule has 4 heteroatoms. The number of carbonyl (C=O) groups is 1. The zero-order valence-corrected chi connectivity index (χ0v) is 11.0. The standard InChI is InChI=1S/C13H19NO2S/c1-16-13(10-5-3-2-4-6-10)11(15)9-12-14-7-8-17-12/h7-8,10,13H,2-6,9H2,1H3. The molecular formula is C13H19NO2S. The molecule has 0 radical (unpaired) electrons. The van der Waals surface area contributed by atoms with E-state index in [1.165, 1.54) is 30.6 Å². The Labute approximate surface area is 106 Å². The van der Waals surface area contributed by atoms with Crippen molar-refractivity contribution in [3.8, 4) is 0 Å². The molecular weight excluding hydrogens is 234 g/mol. The molecule has 1 saturated carbocycles. The highest BCUT2D eigenvalue weighted by Crippen LogP contribution is 2.28. The highest BCUT2D eigenvalue weighted by molar-refractivity contribution is 7.09. The fourth-order valence-electron chi connectivity index (χ4n) is 2.61. The molecule has 0 bridgehead atoms. The summed E-state index contributed by atoms with van der Waals surface area (Å²) >= 11 is 1.54. The first-order chi connectivity index (χ1) is 8.31. The maximum Gasteiger partial charge on any atom is 0.168 e. The molecule has 3 nitrogen and oxygen atoms in total. The van der Waals surface area contributed by atoms with Gasteiger partial charge in [0.25, 0.3) is 0 Å². The van der Waals surface area contributed by atoms with Crippen LogP contribution in [0.25, 0.3) is 0 Å². The lowest BCUT2D eigenvalue weighted by Crippen LogP contribution is -2.34. The van der Waals surface area contributed by atoms with Gasteiger partial charge in [-0.2, -0.15) is 0 Å². The van der Waals surface area contributed by atoms with Gasteiger partial charge in [0.2, 0.25) is 0 Å². The van der Waals surface area contributed by atoms with Crippen molar-refractivity contribution in [2.75, 3.05) is 7.11 Å². The quantitative estimate of drug-likeness (QED) is 0.810. The molecule has 0 aromatic carbocycles. The van der Waals surface area contributed by atoms with Crippen LogP contribution in [0.1, 0.15) is 37.1 Å². The Morgan fingerprint density at radius 1 is 1.53 bits per heavy atom. The lowest BCUT2D eigenvalue weighted by molar-refractivity contribution is -0.132. The maximum absolute atomic E-state index is 12.2. The van der Waals surface area contributed by atoms with Crippen molar-refractivity contribution in [1.29, 1.82) is 0 Å². The van der Waals surface area contributed by atoms with E-state index in [1.54, 1.807) is 13.3 Å². The van der Waals surface area contributed by atoms with Crippen molar-refractivity contribution in [2.24, 2.45) is 5.92 Å². The van der Waals surface area contributed by atoms with Gasteiger partial charge in [-0.25, -0.2) is 4.98 Å². The Kier molecular flexibility index (Phi) is 4.68. The monoisotopic (exact) mass is 253 g/mol. The maximum atomic E-state index is 12.2. The van der Waals surface area contributed by atoms with E-state index in [0.29, 0.717) is 12.3 Å². The van der Waals surface area contributed by atoms with Gasteiger partial charge >= 0.3 is 0 Å². The van der Waals surface area contributed by atoms with E-state index < -0.39 is 0 Å².